The molecule has 0 aliphatic heterocycles. The molecular weight excluding hydrogens is 264 g/mol. The van der Waals surface area contributed by atoms with E-state index in [9.17, 15) is 14.4 Å². The molecule has 0 saturated carbocycles. The number of nitrogens with two attached hydrogens (primary N) is 1. The molecule has 0 aromatic heterocycles. The molecule has 20 heavy (non-hydrogen) atoms. The fraction of sp³-hybridized carbons (Fsp3) is 0.769. The van der Waals surface area contributed by atoms with E-state index in [4.69, 9.17) is 15.6 Å². The molecule has 0 saturated heterocycles. The van der Waals surface area contributed by atoms with Crippen LogP contribution in [-0.2, 0) is 19.1 Å². The molecule has 0 fully saturated rings. The van der Waals surface area contributed by atoms with E-state index < -0.39 is 42.0 Å². The van der Waals surface area contributed by atoms with Gasteiger partial charge in [0, 0.05) is 0 Å². The van der Waals surface area contributed by atoms with Crippen molar-refractivity contribution < 1.29 is 24.2 Å². The molecule has 0 aliphatic carbocycles. The van der Waals surface area contributed by atoms with E-state index >= 15 is 0 Å². The zero-order valence-electron chi connectivity index (χ0n) is 12.6. The lowest BCUT2D eigenvalue weighted by Crippen LogP contribution is -2.51. The summed E-state index contributed by atoms with van der Waals surface area (Å²) >= 11 is 0. The number of carbonyl (C=O) groups is 3. The summed E-state index contributed by atoms with van der Waals surface area (Å²) in [6, 6.07) is -2.17. The maximum atomic E-state index is 11.7. The summed E-state index contributed by atoms with van der Waals surface area (Å²) in [7, 11) is 0. The summed E-state index contributed by atoms with van der Waals surface area (Å²) in [5.74, 6) is -2.73. The third kappa shape index (κ3) is 7.08. The fourth-order valence-corrected chi connectivity index (χ4v) is 1.32. The quantitative estimate of drug-likeness (QED) is 0.604. The van der Waals surface area contributed by atoms with Crippen molar-refractivity contribution in [2.24, 2.45) is 11.7 Å². The highest BCUT2D eigenvalue weighted by atomic mass is 16.6. The molecule has 4 N–H and O–H groups in total. The predicted molar refractivity (Wildman–Crippen MR) is 72.8 cm³/mol. The van der Waals surface area contributed by atoms with Crippen LogP contribution in [0.4, 0.5) is 0 Å². The van der Waals surface area contributed by atoms with Crippen LogP contribution in [0.25, 0.3) is 0 Å². The molecule has 0 radical (unpaired) electrons. The van der Waals surface area contributed by atoms with Crippen molar-refractivity contribution in [3.63, 3.8) is 0 Å². The van der Waals surface area contributed by atoms with Gasteiger partial charge in [0.05, 0.1) is 12.5 Å². The molecule has 0 aliphatic rings. The third-order valence-electron chi connectivity index (χ3n) is 2.43. The Kier molecular flexibility index (Phi) is 6.64. The smallest absolute Gasteiger partial charge is 0.326 e. The van der Waals surface area contributed by atoms with Gasteiger partial charge < -0.3 is 20.9 Å². The number of aliphatic carboxylic acids is 1. The van der Waals surface area contributed by atoms with Crippen molar-refractivity contribution in [1.29, 1.82) is 0 Å². The monoisotopic (exact) mass is 288 g/mol. The Balaban J connectivity index is 4.64. The lowest BCUT2D eigenvalue weighted by Gasteiger charge is -2.22. The van der Waals surface area contributed by atoms with E-state index in [0.717, 1.165) is 0 Å². The van der Waals surface area contributed by atoms with Gasteiger partial charge in [0.2, 0.25) is 5.91 Å². The van der Waals surface area contributed by atoms with E-state index in [1.165, 1.54) is 0 Å². The summed E-state index contributed by atoms with van der Waals surface area (Å²) in [5, 5.41) is 11.3. The van der Waals surface area contributed by atoms with Gasteiger partial charge in [-0.05, 0) is 26.7 Å². The van der Waals surface area contributed by atoms with Crippen LogP contribution in [0.15, 0.2) is 0 Å². The molecule has 0 unspecified atom stereocenters. The summed E-state index contributed by atoms with van der Waals surface area (Å²) in [5.41, 5.74) is 4.91. The van der Waals surface area contributed by atoms with Crippen molar-refractivity contribution in [3.05, 3.63) is 0 Å². The van der Waals surface area contributed by atoms with Crippen LogP contribution in [0.3, 0.4) is 0 Å². The Hall–Kier alpha value is -1.63. The Morgan fingerprint density at radius 2 is 1.75 bits per heavy atom. The minimum Gasteiger partial charge on any atom is -0.480 e. The van der Waals surface area contributed by atoms with Crippen molar-refractivity contribution in [2.45, 2.75) is 58.7 Å². The zero-order chi connectivity index (χ0) is 16.1. The molecular formula is C13H24N2O5. The minimum atomic E-state index is -1.35. The van der Waals surface area contributed by atoms with Gasteiger partial charge in [-0.1, -0.05) is 13.8 Å². The SMILES string of the molecule is CC(C)[C@@H](N)C(=O)N[C@@H](CC(=O)OC(C)(C)C)C(=O)O. The van der Waals surface area contributed by atoms with Crippen molar-refractivity contribution >= 4 is 17.8 Å². The molecule has 116 valence electrons. The summed E-state index contributed by atoms with van der Waals surface area (Å²) in [6.45, 7) is 8.51. The second kappa shape index (κ2) is 7.23. The van der Waals surface area contributed by atoms with E-state index in [2.05, 4.69) is 5.32 Å². The Morgan fingerprint density at radius 3 is 2.10 bits per heavy atom. The molecule has 7 nitrogen and oxygen atoms in total. The molecule has 0 spiro atoms. The highest BCUT2D eigenvalue weighted by Gasteiger charge is 2.28. The largest absolute Gasteiger partial charge is 0.480 e. The normalized spacial score (nSPS) is 14.6. The summed E-state index contributed by atoms with van der Waals surface area (Å²) < 4.78 is 5.02. The van der Waals surface area contributed by atoms with Gasteiger partial charge in [0.15, 0.2) is 0 Å². The van der Waals surface area contributed by atoms with Crippen molar-refractivity contribution in [3.8, 4) is 0 Å². The molecule has 0 heterocycles. The summed E-state index contributed by atoms with van der Waals surface area (Å²) in [6.07, 6.45) is -0.441. The Labute approximate surface area is 118 Å². The second-order valence-electron chi connectivity index (χ2n) is 5.96. The molecule has 0 aromatic rings. The maximum absolute atomic E-state index is 11.7. The molecule has 7 heteroatoms. The van der Waals surface area contributed by atoms with Gasteiger partial charge in [0.1, 0.15) is 11.6 Å². The topological polar surface area (TPSA) is 119 Å². The van der Waals surface area contributed by atoms with E-state index in [1.54, 1.807) is 34.6 Å². The highest BCUT2D eigenvalue weighted by molar-refractivity contribution is 5.89. The number of carboxylic acid groups (broad SMARTS) is 1. The average molecular weight is 288 g/mol. The van der Waals surface area contributed by atoms with E-state index in [0.29, 0.717) is 0 Å². The first-order chi connectivity index (χ1) is 8.94. The van der Waals surface area contributed by atoms with Gasteiger partial charge in [-0.15, -0.1) is 0 Å². The van der Waals surface area contributed by atoms with Crippen LogP contribution in [-0.4, -0.2) is 40.6 Å². The maximum Gasteiger partial charge on any atom is 0.326 e. The van der Waals surface area contributed by atoms with Crippen LogP contribution in [0, 0.1) is 5.92 Å². The molecule has 1 amide bonds. The zero-order valence-corrected chi connectivity index (χ0v) is 12.6. The first-order valence-electron chi connectivity index (χ1n) is 6.44. The average Bonchev–Trinajstić information content (AvgIpc) is 2.23. The third-order valence-corrected chi connectivity index (χ3v) is 2.43. The van der Waals surface area contributed by atoms with Crippen LogP contribution in [0.2, 0.25) is 0 Å². The van der Waals surface area contributed by atoms with E-state index in [-0.39, 0.29) is 5.92 Å². The first kappa shape index (κ1) is 18.4. The van der Waals surface area contributed by atoms with Crippen LogP contribution >= 0.6 is 0 Å². The number of rotatable bonds is 6. The number of carbonyl (C=O) groups excluding carboxylic acids is 2. The van der Waals surface area contributed by atoms with Crippen molar-refractivity contribution in [1.82, 2.24) is 5.32 Å². The van der Waals surface area contributed by atoms with Crippen LogP contribution in [0.5, 0.6) is 0 Å². The number of ether oxygens (including phenoxy) is 1. The van der Waals surface area contributed by atoms with Gasteiger partial charge in [0.25, 0.3) is 0 Å². The second-order valence-corrected chi connectivity index (χ2v) is 5.96. The van der Waals surface area contributed by atoms with Gasteiger partial charge >= 0.3 is 11.9 Å². The van der Waals surface area contributed by atoms with Crippen LogP contribution in [0.1, 0.15) is 41.0 Å². The van der Waals surface area contributed by atoms with Gasteiger partial charge in [-0.3, -0.25) is 9.59 Å². The van der Waals surface area contributed by atoms with Crippen molar-refractivity contribution in [2.75, 3.05) is 0 Å². The molecule has 0 aromatic carbocycles. The number of hydrogen-bond acceptors (Lipinski definition) is 5. The number of amides is 1. The number of hydrogen-bond donors (Lipinski definition) is 3. The fourth-order valence-electron chi connectivity index (χ4n) is 1.32. The Bertz CT molecular complexity index is 373. The van der Waals surface area contributed by atoms with Gasteiger partial charge in [-0.25, -0.2) is 4.79 Å². The molecule has 0 bridgehead atoms. The van der Waals surface area contributed by atoms with E-state index in [1.807, 2.05) is 0 Å². The van der Waals surface area contributed by atoms with Crippen LogP contribution < -0.4 is 11.1 Å². The standard InChI is InChI=1S/C13H24N2O5/c1-7(2)10(14)11(17)15-8(12(18)19)6-9(16)20-13(3,4)5/h7-8,10H,6,14H2,1-5H3,(H,15,17)(H,18,19)/t8-,10+/m0/s1. The predicted octanol–water partition coefficient (Wildman–Crippen LogP) is 0.271. The lowest BCUT2D eigenvalue weighted by atomic mass is 10.0. The minimum absolute atomic E-state index is 0.133. The first-order valence-corrected chi connectivity index (χ1v) is 6.44. The molecule has 2 atom stereocenters. The highest BCUT2D eigenvalue weighted by Crippen LogP contribution is 2.10. The number of esters is 1. The van der Waals surface area contributed by atoms with Gasteiger partial charge in [-0.2, -0.15) is 0 Å². The number of nitrogens with one attached hydrogen (secondary N) is 1. The molecule has 0 rings (SSSR count). The summed E-state index contributed by atoms with van der Waals surface area (Å²) in [4.78, 5) is 34.4. The Morgan fingerprint density at radius 1 is 1.25 bits per heavy atom. The lowest BCUT2D eigenvalue weighted by molar-refractivity contribution is -0.158. The number of carboxylic acids is 1.